The van der Waals surface area contributed by atoms with Crippen LogP contribution in [0.3, 0.4) is 0 Å². The summed E-state index contributed by atoms with van der Waals surface area (Å²) in [4.78, 5) is 20.6. The first-order chi connectivity index (χ1) is 43.2. The fourth-order valence-electron chi connectivity index (χ4n) is 13.9. The van der Waals surface area contributed by atoms with E-state index in [9.17, 15) is 0 Å². The van der Waals surface area contributed by atoms with Crippen molar-refractivity contribution in [1.82, 2.24) is 60.1 Å². The van der Waals surface area contributed by atoms with Gasteiger partial charge < -0.3 is 36.9 Å². The molecule has 1 atom stereocenters. The van der Waals surface area contributed by atoms with Crippen molar-refractivity contribution in [3.63, 3.8) is 0 Å². The average Bonchev–Trinajstić information content (AvgIpc) is 3.13. The Kier molecular flexibility index (Phi) is 14.6. The Hall–Kier alpha value is -10.3. The molecule has 0 bridgehead atoms. The van der Waals surface area contributed by atoms with Gasteiger partial charge in [0.15, 0.2) is 5.65 Å². The van der Waals surface area contributed by atoms with E-state index >= 15 is 0 Å². The first kappa shape index (κ1) is 58.7. The van der Waals surface area contributed by atoms with Gasteiger partial charge in [0.1, 0.15) is 17.1 Å². The van der Waals surface area contributed by atoms with Gasteiger partial charge in [-0.3, -0.25) is 13.2 Å². The second-order valence-corrected chi connectivity index (χ2v) is 24.5. The van der Waals surface area contributed by atoms with Gasteiger partial charge in [-0.1, -0.05) is 84.9 Å². The zero-order valence-corrected chi connectivity index (χ0v) is 55.3. The standard InChI is InChI=1S/3C13H14N2.3C12H13N3/c1-9-13-11(8-14(9)2)10-6-4-5-7-12(10)15(13)3;1-9-8-11-10-6-4-5-7-12(10)15(3)13(11)14(9)2;1-8-9(2)14-13-12(8)10-6-4-5-7-11(10)15(13)3;1-8-9(2)14(3)12-11(8)15-7-5-4-6-10(15)13-12;2*1-8-9(2)15-11-7-5-4-6-10(11)14(3)12(15)13-8/h2*4-8H,1-3H3;4-7,12H,1-3H3;3*4-7H,1-3H3. The van der Waals surface area contributed by atoms with Crippen molar-refractivity contribution in [2.45, 2.75) is 75.2 Å². The maximum Gasteiger partial charge on any atom is 0.215 e. The zero-order valence-electron chi connectivity index (χ0n) is 55.3. The second kappa shape index (κ2) is 22.4. The normalized spacial score (nSPS) is 13.6. The molecule has 18 rings (SSSR count). The maximum absolute atomic E-state index is 4.65. The van der Waals surface area contributed by atoms with Crippen molar-refractivity contribution >= 4 is 106 Å². The molecule has 2 aliphatic rings. The van der Waals surface area contributed by atoms with Gasteiger partial charge in [-0.15, -0.1) is 0 Å². The lowest BCUT2D eigenvalue weighted by atomic mass is 9.94. The Labute approximate surface area is 524 Å². The fraction of sp³-hybridized carbons (Fsp3) is 0.253. The molecule has 1 unspecified atom stereocenters. The minimum Gasteiger partial charge on any atom is -0.352 e. The number of likely N-dealkylation sites (N-methyl/N-ethyl adjacent to an activating group) is 1. The van der Waals surface area contributed by atoms with Crippen LogP contribution in [0.25, 0.3) is 94.2 Å². The number of allylic oxidation sites excluding steroid dienone is 1. The van der Waals surface area contributed by atoms with Gasteiger partial charge in [0.25, 0.3) is 0 Å². The smallest absolute Gasteiger partial charge is 0.215 e. The highest BCUT2D eigenvalue weighted by molar-refractivity contribution is 6.12. The molecule has 0 radical (unpaired) electrons. The SMILES string of the molecule is CC1=C(C)C2C(=N1)N(C)c1ccccc12.Cc1c(C)n(C)c2nc3ccccn3c12.Cc1c2c(cn1C)c1ccccc1n2C.Cc1cc2c3ccccc3n(C)c2n1C.Cc1nc2n(C)c3ccccc3n2c1C.Cc1nc2n(C)c3ccccc3n2c1C. The molecule has 456 valence electrons. The van der Waals surface area contributed by atoms with Gasteiger partial charge in [0.2, 0.25) is 11.6 Å². The van der Waals surface area contributed by atoms with E-state index in [0.29, 0.717) is 5.92 Å². The number of fused-ring (bicyclic) bond motifs is 18. The molecule has 15 nitrogen and oxygen atoms in total. The fourth-order valence-corrected chi connectivity index (χ4v) is 13.9. The van der Waals surface area contributed by atoms with Crippen LogP contribution in [0.1, 0.15) is 70.7 Å². The number of hydrogen-bond donors (Lipinski definition) is 0. The van der Waals surface area contributed by atoms with E-state index in [1.165, 1.54) is 134 Å². The average molecular weight is 1190 g/mol. The van der Waals surface area contributed by atoms with Crippen LogP contribution >= 0.6 is 0 Å². The number of benzene rings is 5. The van der Waals surface area contributed by atoms with E-state index in [2.05, 4.69) is 335 Å². The quantitative estimate of drug-likeness (QED) is 0.151. The van der Waals surface area contributed by atoms with Crippen molar-refractivity contribution < 1.29 is 0 Å². The van der Waals surface area contributed by atoms with Crippen LogP contribution in [-0.2, 0) is 49.3 Å². The molecule has 0 saturated carbocycles. The lowest BCUT2D eigenvalue weighted by molar-refractivity contribution is 0.856. The largest absolute Gasteiger partial charge is 0.352 e. The van der Waals surface area contributed by atoms with E-state index in [4.69, 9.17) is 0 Å². The molecular formula is C75H81N15. The van der Waals surface area contributed by atoms with E-state index in [1.54, 1.807) is 0 Å². The monoisotopic (exact) mass is 1190 g/mol. The summed E-state index contributed by atoms with van der Waals surface area (Å²) in [6.07, 6.45) is 4.28. The summed E-state index contributed by atoms with van der Waals surface area (Å²) in [5.74, 6) is 3.63. The molecule has 0 aliphatic carbocycles. The lowest BCUT2D eigenvalue weighted by Gasteiger charge is -2.12. The molecule has 11 aromatic heterocycles. The number of aliphatic imine (C=N–C) groups is 1. The highest BCUT2D eigenvalue weighted by Crippen LogP contribution is 2.45. The number of anilines is 1. The molecular weight excluding hydrogens is 1110 g/mol. The summed E-state index contributed by atoms with van der Waals surface area (Å²) in [6.45, 7) is 21.2. The van der Waals surface area contributed by atoms with Crippen LogP contribution in [0.4, 0.5) is 5.69 Å². The van der Waals surface area contributed by atoms with Crippen molar-refractivity contribution in [3.05, 3.63) is 220 Å². The molecule has 0 saturated heterocycles. The summed E-state index contributed by atoms with van der Waals surface area (Å²) in [7, 11) is 16.8. The topological polar surface area (TPSA) is 102 Å². The number of aryl methyl sites for hydroxylation is 14. The summed E-state index contributed by atoms with van der Waals surface area (Å²) >= 11 is 0. The summed E-state index contributed by atoms with van der Waals surface area (Å²) in [6, 6.07) is 50.8. The van der Waals surface area contributed by atoms with E-state index in [0.717, 1.165) is 34.2 Å². The van der Waals surface area contributed by atoms with Gasteiger partial charge in [-0.05, 0) is 147 Å². The zero-order chi connectivity index (χ0) is 63.5. The third-order valence-electron chi connectivity index (χ3n) is 19.6. The molecule has 5 aromatic carbocycles. The van der Waals surface area contributed by atoms with E-state index in [-0.39, 0.29) is 0 Å². The minimum atomic E-state index is 0.409. The van der Waals surface area contributed by atoms with E-state index in [1.807, 2.05) is 18.2 Å². The Bertz CT molecular complexity index is 5300. The van der Waals surface area contributed by atoms with Gasteiger partial charge in [0, 0.05) is 136 Å². The highest BCUT2D eigenvalue weighted by atomic mass is 15.2. The number of nitrogens with zero attached hydrogens (tertiary/aromatic N) is 15. The number of para-hydroxylation sites is 7. The first-order valence-corrected chi connectivity index (χ1v) is 30.9. The number of pyridine rings is 1. The Morgan fingerprint density at radius 3 is 1.52 bits per heavy atom. The molecule has 13 heterocycles. The van der Waals surface area contributed by atoms with Gasteiger partial charge in [-0.25, -0.2) is 19.9 Å². The van der Waals surface area contributed by atoms with Crippen molar-refractivity contribution in [3.8, 4) is 0 Å². The number of hydrogen-bond acceptors (Lipinski definition) is 5. The summed E-state index contributed by atoms with van der Waals surface area (Å²) in [5.41, 5.74) is 28.6. The Balaban J connectivity index is 0.0000000991. The van der Waals surface area contributed by atoms with Crippen LogP contribution in [0.15, 0.2) is 174 Å². The van der Waals surface area contributed by atoms with Crippen LogP contribution in [0, 0.1) is 55.4 Å². The Morgan fingerprint density at radius 1 is 0.411 bits per heavy atom. The van der Waals surface area contributed by atoms with Gasteiger partial charge >= 0.3 is 0 Å². The maximum atomic E-state index is 4.65. The molecule has 16 aromatic rings. The third kappa shape index (κ3) is 9.14. The first-order valence-electron chi connectivity index (χ1n) is 30.9. The molecule has 0 fully saturated rings. The van der Waals surface area contributed by atoms with Crippen LogP contribution in [0.5, 0.6) is 0 Å². The molecule has 15 heteroatoms. The van der Waals surface area contributed by atoms with E-state index < -0.39 is 0 Å². The summed E-state index contributed by atoms with van der Waals surface area (Å²) in [5, 5.41) is 5.40. The van der Waals surface area contributed by atoms with Crippen LogP contribution in [0.2, 0.25) is 0 Å². The molecule has 0 spiro atoms. The number of aromatic nitrogens is 13. The highest BCUT2D eigenvalue weighted by Gasteiger charge is 2.38. The summed E-state index contributed by atoms with van der Waals surface area (Å²) < 4.78 is 22.0. The molecule has 0 N–H and O–H groups in total. The van der Waals surface area contributed by atoms with Crippen molar-refractivity contribution in [2.75, 3.05) is 11.9 Å². The van der Waals surface area contributed by atoms with Crippen LogP contribution < -0.4 is 4.90 Å². The molecule has 0 amide bonds. The molecule has 2 aliphatic heterocycles. The molecule has 90 heavy (non-hydrogen) atoms. The Morgan fingerprint density at radius 2 is 0.922 bits per heavy atom. The predicted molar refractivity (Wildman–Crippen MR) is 375 cm³/mol. The number of rotatable bonds is 0. The predicted octanol–water partition coefficient (Wildman–Crippen LogP) is 16.2. The minimum absolute atomic E-state index is 0.409. The second-order valence-electron chi connectivity index (χ2n) is 24.5. The number of amidine groups is 1. The lowest BCUT2D eigenvalue weighted by Crippen LogP contribution is -2.22. The van der Waals surface area contributed by atoms with Crippen LogP contribution in [-0.4, -0.2) is 73.0 Å². The third-order valence-corrected chi connectivity index (χ3v) is 19.6. The van der Waals surface area contributed by atoms with Gasteiger partial charge in [-0.2, -0.15) is 0 Å². The number of imidazole rings is 5. The van der Waals surface area contributed by atoms with Crippen molar-refractivity contribution in [2.24, 2.45) is 54.3 Å². The van der Waals surface area contributed by atoms with Crippen molar-refractivity contribution in [1.29, 1.82) is 0 Å². The van der Waals surface area contributed by atoms with Gasteiger partial charge in [0.05, 0.1) is 55.9 Å².